The predicted molar refractivity (Wildman–Crippen MR) is 87.2 cm³/mol. The number of rotatable bonds is 3. The van der Waals surface area contributed by atoms with Gasteiger partial charge >= 0.3 is 11.8 Å². The van der Waals surface area contributed by atoms with Crippen LogP contribution < -0.4 is 5.32 Å². The predicted octanol–water partition coefficient (Wildman–Crippen LogP) is 2.24. The van der Waals surface area contributed by atoms with Crippen molar-refractivity contribution in [3.63, 3.8) is 0 Å². The Labute approximate surface area is 140 Å². The molecule has 0 radical (unpaired) electrons. The number of hydrogen-bond donors (Lipinski definition) is 1. The molecule has 1 fully saturated rings. The highest BCUT2D eigenvalue weighted by molar-refractivity contribution is 6.39. The average Bonchev–Trinajstić information content (AvgIpc) is 3.22. The number of anilines is 1. The molecule has 1 atom stereocenters. The molecule has 0 spiro atoms. The van der Waals surface area contributed by atoms with Gasteiger partial charge in [-0.3, -0.25) is 14.6 Å². The van der Waals surface area contributed by atoms with Crippen LogP contribution >= 0.6 is 0 Å². The third kappa shape index (κ3) is 3.02. The van der Waals surface area contributed by atoms with E-state index in [2.05, 4.69) is 15.5 Å². The quantitative estimate of drug-likeness (QED) is 0.873. The molecule has 24 heavy (non-hydrogen) atoms. The maximum absolute atomic E-state index is 12.6. The number of nitrogens with zero attached hydrogens (tertiary/aromatic N) is 3. The lowest BCUT2D eigenvalue weighted by Crippen LogP contribution is -2.39. The van der Waals surface area contributed by atoms with Gasteiger partial charge in [0, 0.05) is 18.9 Å². The van der Waals surface area contributed by atoms with Gasteiger partial charge in [0.25, 0.3) is 0 Å². The van der Waals surface area contributed by atoms with Crippen LogP contribution in [-0.4, -0.2) is 33.4 Å². The summed E-state index contributed by atoms with van der Waals surface area (Å²) in [5.74, 6) is -0.686. The van der Waals surface area contributed by atoms with Crippen LogP contribution in [-0.2, 0) is 16.0 Å². The van der Waals surface area contributed by atoms with E-state index in [9.17, 15) is 9.59 Å². The molecule has 2 aromatic rings. The summed E-state index contributed by atoms with van der Waals surface area (Å²) in [6.45, 7) is 4.19. The van der Waals surface area contributed by atoms with Crippen LogP contribution in [0.1, 0.15) is 42.8 Å². The fourth-order valence-corrected chi connectivity index (χ4v) is 3.06. The number of amides is 2. The number of carbonyl (C=O) groups excluding carboxylic acids is 2. The molecule has 3 rings (SSSR count). The number of carbonyl (C=O) groups is 2. The zero-order valence-electron chi connectivity index (χ0n) is 13.8. The Kier molecular flexibility index (Phi) is 4.59. The van der Waals surface area contributed by atoms with E-state index in [-0.39, 0.29) is 6.04 Å². The van der Waals surface area contributed by atoms with Crippen molar-refractivity contribution in [2.45, 2.75) is 39.2 Å². The minimum Gasteiger partial charge on any atom is -0.359 e. The lowest BCUT2D eigenvalue weighted by atomic mass is 10.1. The lowest BCUT2D eigenvalue weighted by Gasteiger charge is -2.24. The second-order valence-corrected chi connectivity index (χ2v) is 5.81. The molecule has 0 aliphatic carbocycles. The number of pyridine rings is 1. The van der Waals surface area contributed by atoms with Crippen molar-refractivity contribution < 1.29 is 14.1 Å². The molecular weight excluding hydrogens is 308 g/mol. The van der Waals surface area contributed by atoms with Crippen LogP contribution in [0.4, 0.5) is 5.69 Å². The van der Waals surface area contributed by atoms with Crippen LogP contribution in [0.5, 0.6) is 0 Å². The van der Waals surface area contributed by atoms with Gasteiger partial charge in [-0.15, -0.1) is 0 Å². The van der Waals surface area contributed by atoms with E-state index in [0.717, 1.165) is 18.4 Å². The smallest absolute Gasteiger partial charge is 0.314 e. The van der Waals surface area contributed by atoms with Gasteiger partial charge in [-0.25, -0.2) is 0 Å². The summed E-state index contributed by atoms with van der Waals surface area (Å²) < 4.78 is 5.09. The largest absolute Gasteiger partial charge is 0.359 e. The highest BCUT2D eigenvalue weighted by Gasteiger charge is 2.34. The number of aromatic nitrogens is 2. The topological polar surface area (TPSA) is 88.3 Å². The zero-order valence-corrected chi connectivity index (χ0v) is 13.8. The third-order valence-electron chi connectivity index (χ3n) is 4.31. The Morgan fingerprint density at radius 1 is 1.38 bits per heavy atom. The van der Waals surface area contributed by atoms with Gasteiger partial charge in [0.1, 0.15) is 11.4 Å². The van der Waals surface area contributed by atoms with Crippen molar-refractivity contribution in [1.29, 1.82) is 0 Å². The molecule has 1 N–H and O–H groups in total. The highest BCUT2D eigenvalue weighted by atomic mass is 16.5. The Bertz CT molecular complexity index is 742. The van der Waals surface area contributed by atoms with E-state index in [1.54, 1.807) is 24.2 Å². The van der Waals surface area contributed by atoms with Crippen molar-refractivity contribution >= 4 is 17.5 Å². The lowest BCUT2D eigenvalue weighted by molar-refractivity contribution is -0.143. The van der Waals surface area contributed by atoms with Crippen molar-refractivity contribution in [2.24, 2.45) is 0 Å². The van der Waals surface area contributed by atoms with E-state index >= 15 is 0 Å². The molecule has 1 aliphatic heterocycles. The maximum atomic E-state index is 12.6. The molecule has 2 aromatic heterocycles. The Morgan fingerprint density at radius 2 is 2.12 bits per heavy atom. The van der Waals surface area contributed by atoms with Crippen molar-refractivity contribution in [3.05, 3.63) is 41.5 Å². The fraction of sp³-hybridized carbons (Fsp3) is 0.412. The second kappa shape index (κ2) is 6.82. The molecule has 1 saturated heterocycles. The van der Waals surface area contributed by atoms with Gasteiger partial charge in [-0.1, -0.05) is 12.1 Å². The van der Waals surface area contributed by atoms with Gasteiger partial charge in [-0.05, 0) is 43.9 Å². The molecule has 2 amide bonds. The third-order valence-corrected chi connectivity index (χ3v) is 4.31. The van der Waals surface area contributed by atoms with Gasteiger partial charge < -0.3 is 14.7 Å². The normalized spacial score (nSPS) is 17.1. The summed E-state index contributed by atoms with van der Waals surface area (Å²) in [7, 11) is 0. The van der Waals surface area contributed by atoms with E-state index < -0.39 is 11.8 Å². The molecule has 1 aliphatic rings. The van der Waals surface area contributed by atoms with Crippen molar-refractivity contribution in [3.8, 4) is 0 Å². The van der Waals surface area contributed by atoms with Crippen molar-refractivity contribution in [2.75, 3.05) is 11.9 Å². The fourth-order valence-electron chi connectivity index (χ4n) is 3.06. The number of aryl methyl sites for hydroxylation is 2. The van der Waals surface area contributed by atoms with E-state index in [4.69, 9.17) is 4.52 Å². The van der Waals surface area contributed by atoms with E-state index in [1.807, 2.05) is 19.1 Å². The summed E-state index contributed by atoms with van der Waals surface area (Å²) in [4.78, 5) is 30.6. The Morgan fingerprint density at radius 3 is 2.83 bits per heavy atom. The SMILES string of the molecule is CCc1noc(C)c1NC(=O)C(=O)N1CCC[C@@H]1c1ccncc1. The van der Waals surface area contributed by atoms with Crippen molar-refractivity contribution in [1.82, 2.24) is 15.0 Å². The molecule has 7 nitrogen and oxygen atoms in total. The molecule has 3 heterocycles. The first-order valence-electron chi connectivity index (χ1n) is 8.08. The molecule has 0 unspecified atom stereocenters. The van der Waals surface area contributed by atoms with Crippen LogP contribution in [0, 0.1) is 6.92 Å². The van der Waals surface area contributed by atoms with Crippen LogP contribution in [0.2, 0.25) is 0 Å². The molecule has 0 saturated carbocycles. The maximum Gasteiger partial charge on any atom is 0.314 e. The van der Waals surface area contributed by atoms with Gasteiger partial charge in [0.15, 0.2) is 5.76 Å². The summed E-state index contributed by atoms with van der Waals surface area (Å²) in [5.41, 5.74) is 2.13. The first-order valence-corrected chi connectivity index (χ1v) is 8.08. The Hall–Kier alpha value is -2.70. The first kappa shape index (κ1) is 16.2. The number of hydrogen-bond acceptors (Lipinski definition) is 5. The van der Waals surface area contributed by atoms with E-state index in [1.165, 1.54) is 0 Å². The zero-order chi connectivity index (χ0) is 17.1. The minimum atomic E-state index is -0.656. The van der Waals surface area contributed by atoms with Crippen LogP contribution in [0.15, 0.2) is 29.0 Å². The van der Waals surface area contributed by atoms with Gasteiger partial charge in [0.05, 0.1) is 6.04 Å². The summed E-state index contributed by atoms with van der Waals surface area (Å²) in [6, 6.07) is 3.68. The summed E-state index contributed by atoms with van der Waals surface area (Å²) in [6.07, 6.45) is 5.73. The van der Waals surface area contributed by atoms with Gasteiger partial charge in [-0.2, -0.15) is 0 Å². The van der Waals surface area contributed by atoms with Crippen LogP contribution in [0.25, 0.3) is 0 Å². The molecule has 0 bridgehead atoms. The summed E-state index contributed by atoms with van der Waals surface area (Å²) >= 11 is 0. The Balaban J connectivity index is 1.75. The minimum absolute atomic E-state index is 0.0829. The summed E-state index contributed by atoms with van der Waals surface area (Å²) in [5, 5.41) is 6.54. The molecule has 7 heteroatoms. The van der Waals surface area contributed by atoms with Crippen LogP contribution in [0.3, 0.4) is 0 Å². The number of nitrogens with one attached hydrogen (secondary N) is 1. The monoisotopic (exact) mass is 328 g/mol. The average molecular weight is 328 g/mol. The second-order valence-electron chi connectivity index (χ2n) is 5.81. The van der Waals surface area contributed by atoms with E-state index in [0.29, 0.717) is 30.1 Å². The molecule has 0 aromatic carbocycles. The van der Waals surface area contributed by atoms with Gasteiger partial charge in [0.2, 0.25) is 0 Å². The molecule has 126 valence electrons. The first-order chi connectivity index (χ1) is 11.6. The molecular formula is C17H20N4O3. The number of likely N-dealkylation sites (tertiary alicyclic amines) is 1. The highest BCUT2D eigenvalue weighted by Crippen LogP contribution is 2.31. The standard InChI is InChI=1S/C17H20N4O3/c1-3-13-15(11(2)24-20-13)19-16(22)17(23)21-10-4-5-14(21)12-6-8-18-9-7-12/h6-9,14H,3-5,10H2,1-2H3,(H,19,22)/t14-/m1/s1.